The molecule has 1 heterocycles. The second-order valence-corrected chi connectivity index (χ2v) is 5.71. The average molecular weight is 292 g/mol. The largest absolute Gasteiger partial charge is 0.481 e. The van der Waals surface area contributed by atoms with Crippen molar-refractivity contribution in [3.8, 4) is 0 Å². The normalized spacial score (nSPS) is 12.7. The minimum atomic E-state index is -0.783. The van der Waals surface area contributed by atoms with E-state index in [1.807, 2.05) is 6.92 Å². The van der Waals surface area contributed by atoms with Crippen LogP contribution in [0.5, 0.6) is 0 Å². The van der Waals surface area contributed by atoms with E-state index in [1.165, 1.54) is 9.75 Å². The van der Waals surface area contributed by atoms with Gasteiger partial charge in [0.15, 0.2) is 0 Å². The Morgan fingerprint density at radius 1 is 1.73 bits per heavy atom. The SMILES string of the molecule is Cc1sc(CC(N)CCC(=O)O)cc1Br. The second kappa shape index (κ2) is 5.63. The van der Waals surface area contributed by atoms with E-state index < -0.39 is 5.97 Å². The molecule has 1 aromatic heterocycles. The standard InChI is InChI=1S/C10H14BrNO2S/c1-6-9(11)5-8(15-6)4-7(12)2-3-10(13)14/h5,7H,2-4,12H2,1H3,(H,13,14). The topological polar surface area (TPSA) is 63.3 Å². The maximum absolute atomic E-state index is 10.4. The fourth-order valence-electron chi connectivity index (χ4n) is 1.29. The van der Waals surface area contributed by atoms with E-state index in [2.05, 4.69) is 22.0 Å². The molecule has 1 atom stereocenters. The van der Waals surface area contributed by atoms with Crippen LogP contribution in [0.3, 0.4) is 0 Å². The van der Waals surface area contributed by atoms with Crippen LogP contribution in [-0.4, -0.2) is 17.1 Å². The zero-order chi connectivity index (χ0) is 11.4. The number of carboxylic acid groups (broad SMARTS) is 1. The molecule has 1 aromatic rings. The van der Waals surface area contributed by atoms with E-state index in [4.69, 9.17) is 10.8 Å². The molecule has 84 valence electrons. The maximum Gasteiger partial charge on any atom is 0.303 e. The summed E-state index contributed by atoms with van der Waals surface area (Å²) in [6, 6.07) is 1.99. The lowest BCUT2D eigenvalue weighted by atomic mass is 10.1. The Morgan fingerprint density at radius 3 is 2.87 bits per heavy atom. The Balaban J connectivity index is 2.44. The Labute approximate surface area is 101 Å². The van der Waals surface area contributed by atoms with Gasteiger partial charge in [0.1, 0.15) is 0 Å². The highest BCUT2D eigenvalue weighted by atomic mass is 79.9. The van der Waals surface area contributed by atoms with Crippen molar-refractivity contribution in [2.45, 2.75) is 32.2 Å². The van der Waals surface area contributed by atoms with E-state index in [-0.39, 0.29) is 12.5 Å². The number of halogens is 1. The number of nitrogens with two attached hydrogens (primary N) is 1. The van der Waals surface area contributed by atoms with Gasteiger partial charge in [0, 0.05) is 26.7 Å². The summed E-state index contributed by atoms with van der Waals surface area (Å²) in [5.74, 6) is -0.783. The Kier molecular flexibility index (Phi) is 4.76. The molecule has 0 saturated heterocycles. The van der Waals surface area contributed by atoms with Gasteiger partial charge in [-0.15, -0.1) is 11.3 Å². The number of hydrogen-bond donors (Lipinski definition) is 2. The summed E-state index contributed by atoms with van der Waals surface area (Å²) in [6.45, 7) is 2.04. The molecule has 3 nitrogen and oxygen atoms in total. The zero-order valence-electron chi connectivity index (χ0n) is 8.50. The van der Waals surface area contributed by atoms with Gasteiger partial charge in [-0.05, 0) is 41.8 Å². The number of thiophene rings is 1. The van der Waals surface area contributed by atoms with Crippen LogP contribution in [0.4, 0.5) is 0 Å². The van der Waals surface area contributed by atoms with Gasteiger partial charge in [-0.2, -0.15) is 0 Å². The van der Waals surface area contributed by atoms with Gasteiger partial charge >= 0.3 is 5.97 Å². The molecule has 0 bridgehead atoms. The molecule has 0 aliphatic heterocycles. The monoisotopic (exact) mass is 291 g/mol. The molecular weight excluding hydrogens is 278 g/mol. The van der Waals surface area contributed by atoms with Crippen molar-refractivity contribution in [1.29, 1.82) is 0 Å². The summed E-state index contributed by atoms with van der Waals surface area (Å²) >= 11 is 5.15. The van der Waals surface area contributed by atoms with Crippen molar-refractivity contribution in [2.24, 2.45) is 5.73 Å². The zero-order valence-corrected chi connectivity index (χ0v) is 10.9. The molecule has 1 rings (SSSR count). The summed E-state index contributed by atoms with van der Waals surface area (Å²) in [4.78, 5) is 12.8. The molecule has 0 spiro atoms. The minimum absolute atomic E-state index is 0.0638. The van der Waals surface area contributed by atoms with E-state index >= 15 is 0 Å². The first-order valence-corrected chi connectivity index (χ1v) is 6.32. The molecule has 0 aliphatic carbocycles. The second-order valence-electron chi connectivity index (χ2n) is 3.51. The van der Waals surface area contributed by atoms with Crippen molar-refractivity contribution >= 4 is 33.2 Å². The summed E-state index contributed by atoms with van der Waals surface area (Å²) in [6.07, 6.45) is 1.43. The van der Waals surface area contributed by atoms with Crippen LogP contribution >= 0.6 is 27.3 Å². The highest BCUT2D eigenvalue weighted by Crippen LogP contribution is 2.27. The maximum atomic E-state index is 10.4. The first kappa shape index (κ1) is 12.7. The van der Waals surface area contributed by atoms with Crippen molar-refractivity contribution in [3.63, 3.8) is 0 Å². The summed E-state index contributed by atoms with van der Waals surface area (Å²) in [5.41, 5.74) is 5.84. The van der Waals surface area contributed by atoms with Crippen LogP contribution in [0.15, 0.2) is 10.5 Å². The van der Waals surface area contributed by atoms with Gasteiger partial charge in [-0.1, -0.05) is 0 Å². The Bertz CT molecular complexity index is 332. The Hall–Kier alpha value is -0.390. The summed E-state index contributed by atoms with van der Waals surface area (Å²) in [5, 5.41) is 8.52. The molecule has 0 amide bonds. The smallest absolute Gasteiger partial charge is 0.303 e. The van der Waals surface area contributed by atoms with Crippen molar-refractivity contribution < 1.29 is 9.90 Å². The summed E-state index contributed by atoms with van der Waals surface area (Å²) < 4.78 is 1.10. The highest BCUT2D eigenvalue weighted by molar-refractivity contribution is 9.10. The van der Waals surface area contributed by atoms with E-state index in [9.17, 15) is 4.79 Å². The summed E-state index contributed by atoms with van der Waals surface area (Å²) in [7, 11) is 0. The number of carbonyl (C=O) groups is 1. The number of rotatable bonds is 5. The molecular formula is C10H14BrNO2S. The highest BCUT2D eigenvalue weighted by Gasteiger charge is 2.09. The van der Waals surface area contributed by atoms with Crippen LogP contribution in [0, 0.1) is 6.92 Å². The van der Waals surface area contributed by atoms with Gasteiger partial charge in [0.25, 0.3) is 0 Å². The first-order valence-electron chi connectivity index (χ1n) is 4.71. The fraction of sp³-hybridized carbons (Fsp3) is 0.500. The van der Waals surface area contributed by atoms with Gasteiger partial charge in [-0.25, -0.2) is 0 Å². The third kappa shape index (κ3) is 4.32. The molecule has 0 saturated carbocycles. The molecule has 0 aliphatic rings. The van der Waals surface area contributed by atoms with Crippen LogP contribution in [-0.2, 0) is 11.2 Å². The molecule has 0 aromatic carbocycles. The van der Waals surface area contributed by atoms with Crippen molar-refractivity contribution in [3.05, 3.63) is 20.3 Å². The predicted octanol–water partition coefficient (Wildman–Crippen LogP) is 2.55. The number of hydrogen-bond acceptors (Lipinski definition) is 3. The molecule has 0 radical (unpaired) electrons. The van der Waals surface area contributed by atoms with Crippen LogP contribution in [0.2, 0.25) is 0 Å². The first-order chi connectivity index (χ1) is 6.99. The quantitative estimate of drug-likeness (QED) is 0.876. The average Bonchev–Trinajstić information content (AvgIpc) is 2.42. The van der Waals surface area contributed by atoms with Gasteiger partial charge in [0.2, 0.25) is 0 Å². The van der Waals surface area contributed by atoms with Crippen molar-refractivity contribution in [2.75, 3.05) is 0 Å². The molecule has 5 heteroatoms. The van der Waals surface area contributed by atoms with Gasteiger partial charge < -0.3 is 10.8 Å². The van der Waals surface area contributed by atoms with Crippen LogP contribution in [0.1, 0.15) is 22.6 Å². The lowest BCUT2D eigenvalue weighted by Crippen LogP contribution is -2.23. The lowest BCUT2D eigenvalue weighted by molar-refractivity contribution is -0.137. The Morgan fingerprint density at radius 2 is 2.40 bits per heavy atom. The number of carboxylic acids is 1. The lowest BCUT2D eigenvalue weighted by Gasteiger charge is -2.07. The van der Waals surface area contributed by atoms with E-state index in [0.717, 1.165) is 10.9 Å². The number of aryl methyl sites for hydroxylation is 1. The number of aliphatic carboxylic acids is 1. The predicted molar refractivity (Wildman–Crippen MR) is 65.3 cm³/mol. The third-order valence-corrected chi connectivity index (χ3v) is 4.26. The molecule has 3 N–H and O–H groups in total. The molecule has 15 heavy (non-hydrogen) atoms. The van der Waals surface area contributed by atoms with Gasteiger partial charge in [0.05, 0.1) is 0 Å². The van der Waals surface area contributed by atoms with Gasteiger partial charge in [-0.3, -0.25) is 4.79 Å². The van der Waals surface area contributed by atoms with Crippen molar-refractivity contribution in [1.82, 2.24) is 0 Å². The molecule has 1 unspecified atom stereocenters. The van der Waals surface area contributed by atoms with E-state index in [0.29, 0.717) is 6.42 Å². The fourth-order valence-corrected chi connectivity index (χ4v) is 2.98. The van der Waals surface area contributed by atoms with Crippen LogP contribution in [0.25, 0.3) is 0 Å². The van der Waals surface area contributed by atoms with E-state index in [1.54, 1.807) is 11.3 Å². The minimum Gasteiger partial charge on any atom is -0.481 e. The third-order valence-electron chi connectivity index (χ3n) is 2.10. The molecule has 0 fully saturated rings. The van der Waals surface area contributed by atoms with Crippen LogP contribution < -0.4 is 5.73 Å².